The fraction of sp³-hybridized carbons (Fsp3) is 0.154. The molecule has 1 aromatic carbocycles. The minimum atomic E-state index is -0.773. The van der Waals surface area contributed by atoms with E-state index in [9.17, 15) is 13.6 Å². The van der Waals surface area contributed by atoms with Crippen molar-refractivity contribution in [3.63, 3.8) is 0 Å². The van der Waals surface area contributed by atoms with Gasteiger partial charge in [0.05, 0.1) is 12.3 Å². The first-order valence-corrected chi connectivity index (χ1v) is 6.07. The van der Waals surface area contributed by atoms with E-state index in [1.54, 1.807) is 13.0 Å². The first kappa shape index (κ1) is 14.6. The Hall–Kier alpha value is -2.77. The maximum atomic E-state index is 13.2. The van der Waals surface area contributed by atoms with Crippen LogP contribution in [-0.4, -0.2) is 28.4 Å². The third-order valence-corrected chi connectivity index (χ3v) is 2.29. The van der Waals surface area contributed by atoms with Gasteiger partial charge in [-0.15, -0.1) is 0 Å². The van der Waals surface area contributed by atoms with Crippen LogP contribution in [0.2, 0.25) is 0 Å². The Morgan fingerprint density at radius 1 is 1.38 bits per heavy atom. The lowest BCUT2D eigenvalue weighted by Crippen LogP contribution is -2.36. The molecule has 1 aromatic heterocycles. The lowest BCUT2D eigenvalue weighted by Gasteiger charge is -2.08. The van der Waals surface area contributed by atoms with Crippen LogP contribution in [0.25, 0.3) is 0 Å². The summed E-state index contributed by atoms with van der Waals surface area (Å²) in [6.07, 6.45) is 2.23. The highest BCUT2D eigenvalue weighted by atomic mass is 19.1. The largest absolute Gasteiger partial charge is 0.450 e. The molecule has 0 saturated heterocycles. The Bertz CT molecular complexity index is 636. The van der Waals surface area contributed by atoms with Gasteiger partial charge in [0.2, 0.25) is 5.96 Å². The van der Waals surface area contributed by atoms with E-state index in [0.29, 0.717) is 0 Å². The third kappa shape index (κ3) is 4.10. The van der Waals surface area contributed by atoms with E-state index in [1.165, 1.54) is 17.1 Å². The summed E-state index contributed by atoms with van der Waals surface area (Å²) in [6.45, 7) is 1.82. The van der Waals surface area contributed by atoms with Crippen LogP contribution in [-0.2, 0) is 4.74 Å². The zero-order valence-electron chi connectivity index (χ0n) is 11.1. The van der Waals surface area contributed by atoms with Crippen molar-refractivity contribution < 1.29 is 18.3 Å². The molecule has 1 amide bonds. The molecule has 2 aromatic rings. The maximum absolute atomic E-state index is 13.2. The molecule has 0 spiro atoms. The molecule has 0 saturated carbocycles. The number of nitrogens with zero attached hydrogens (tertiary/aromatic N) is 3. The summed E-state index contributed by atoms with van der Waals surface area (Å²) in [4.78, 5) is 15.4. The predicted molar refractivity (Wildman–Crippen MR) is 71.2 cm³/mol. The summed E-state index contributed by atoms with van der Waals surface area (Å²) in [7, 11) is 0. The lowest BCUT2D eigenvalue weighted by atomic mass is 10.3. The summed E-state index contributed by atoms with van der Waals surface area (Å²) in [6, 6.07) is 4.39. The van der Waals surface area contributed by atoms with Crippen LogP contribution in [0.3, 0.4) is 0 Å². The number of amides is 1. The Balaban J connectivity index is 2.34. The summed E-state index contributed by atoms with van der Waals surface area (Å²) < 4.78 is 32.3. The zero-order valence-corrected chi connectivity index (χ0v) is 11.1. The van der Waals surface area contributed by atoms with Crippen molar-refractivity contribution in [3.8, 4) is 0 Å². The molecule has 0 aliphatic heterocycles. The molecule has 110 valence electrons. The molecule has 1 heterocycles. The van der Waals surface area contributed by atoms with Crippen LogP contribution in [0.1, 0.15) is 6.92 Å². The highest BCUT2D eigenvalue weighted by Crippen LogP contribution is 2.16. The van der Waals surface area contributed by atoms with Gasteiger partial charge in [-0.05, 0) is 25.1 Å². The molecule has 8 heteroatoms. The zero-order chi connectivity index (χ0) is 15.2. The molecule has 0 atom stereocenters. The highest BCUT2D eigenvalue weighted by molar-refractivity contribution is 5.96. The van der Waals surface area contributed by atoms with Gasteiger partial charge in [0.15, 0.2) is 0 Å². The molecule has 0 fully saturated rings. The van der Waals surface area contributed by atoms with Crippen molar-refractivity contribution in [1.82, 2.24) is 15.1 Å². The maximum Gasteiger partial charge on any atom is 0.414 e. The third-order valence-electron chi connectivity index (χ3n) is 2.29. The number of nitrogens with one attached hydrogen (secondary N) is 1. The number of hydrogen-bond acceptors (Lipinski definition) is 4. The van der Waals surface area contributed by atoms with Crippen molar-refractivity contribution in [3.05, 3.63) is 48.3 Å². The minimum Gasteiger partial charge on any atom is -0.450 e. The Labute approximate surface area is 119 Å². The average Bonchev–Trinajstić information content (AvgIpc) is 2.90. The summed E-state index contributed by atoms with van der Waals surface area (Å²) in [5.41, 5.74) is -0.00482. The molecule has 0 aliphatic rings. The smallest absolute Gasteiger partial charge is 0.414 e. The number of aromatic nitrogens is 2. The second-order valence-electron chi connectivity index (χ2n) is 3.86. The van der Waals surface area contributed by atoms with Gasteiger partial charge in [0.25, 0.3) is 0 Å². The summed E-state index contributed by atoms with van der Waals surface area (Å²) >= 11 is 0. The van der Waals surface area contributed by atoms with E-state index >= 15 is 0 Å². The van der Waals surface area contributed by atoms with Crippen LogP contribution < -0.4 is 5.32 Å². The average molecular weight is 294 g/mol. The normalized spacial score (nSPS) is 11.3. The SMILES string of the molecule is CCOC(=O)NC(=Nc1cc(F)cc(F)c1)n1cccn1. The van der Waals surface area contributed by atoms with Crippen molar-refractivity contribution in [2.24, 2.45) is 4.99 Å². The predicted octanol–water partition coefficient (Wildman–Crippen LogP) is 2.44. The van der Waals surface area contributed by atoms with Crippen molar-refractivity contribution >= 4 is 17.7 Å². The van der Waals surface area contributed by atoms with Gasteiger partial charge in [0, 0.05) is 18.5 Å². The Morgan fingerprint density at radius 2 is 2.10 bits per heavy atom. The lowest BCUT2D eigenvalue weighted by molar-refractivity contribution is 0.157. The van der Waals surface area contributed by atoms with Crippen molar-refractivity contribution in [2.45, 2.75) is 6.92 Å². The molecule has 0 bridgehead atoms. The molecule has 0 unspecified atom stereocenters. The number of benzene rings is 1. The number of carbonyl (C=O) groups excluding carboxylic acids is 1. The van der Waals surface area contributed by atoms with Gasteiger partial charge in [-0.1, -0.05) is 0 Å². The molecule has 2 rings (SSSR count). The van der Waals surface area contributed by atoms with Crippen LogP contribution in [0.4, 0.5) is 19.3 Å². The first-order chi connectivity index (χ1) is 10.1. The van der Waals surface area contributed by atoms with E-state index in [4.69, 9.17) is 4.74 Å². The summed E-state index contributed by atoms with van der Waals surface area (Å²) in [5.74, 6) is -1.59. The van der Waals surface area contributed by atoms with E-state index in [2.05, 4.69) is 15.4 Å². The molecule has 1 N–H and O–H groups in total. The number of aliphatic imine (C=N–C) groups is 1. The number of halogens is 2. The molecule has 21 heavy (non-hydrogen) atoms. The fourth-order valence-corrected chi connectivity index (χ4v) is 1.52. The Morgan fingerprint density at radius 3 is 2.67 bits per heavy atom. The molecular formula is C13H12F2N4O2. The Kier molecular flexibility index (Phi) is 4.60. The fourth-order valence-electron chi connectivity index (χ4n) is 1.52. The van der Waals surface area contributed by atoms with Crippen LogP contribution in [0.5, 0.6) is 0 Å². The molecule has 0 aliphatic carbocycles. The monoisotopic (exact) mass is 294 g/mol. The van der Waals surface area contributed by atoms with Gasteiger partial charge in [-0.25, -0.2) is 23.2 Å². The van der Waals surface area contributed by atoms with Crippen molar-refractivity contribution in [1.29, 1.82) is 0 Å². The van der Waals surface area contributed by atoms with Crippen LogP contribution in [0, 0.1) is 11.6 Å². The number of carbonyl (C=O) groups is 1. The van der Waals surface area contributed by atoms with Crippen LogP contribution >= 0.6 is 0 Å². The van der Waals surface area contributed by atoms with E-state index < -0.39 is 17.7 Å². The second kappa shape index (κ2) is 6.60. The topological polar surface area (TPSA) is 68.5 Å². The molecule has 6 nitrogen and oxygen atoms in total. The summed E-state index contributed by atoms with van der Waals surface area (Å²) in [5, 5.41) is 6.25. The first-order valence-electron chi connectivity index (χ1n) is 6.07. The number of rotatable bonds is 2. The van der Waals surface area contributed by atoms with Gasteiger partial charge in [0.1, 0.15) is 11.6 Å². The quantitative estimate of drug-likeness (QED) is 0.683. The highest BCUT2D eigenvalue weighted by Gasteiger charge is 2.10. The van der Waals surface area contributed by atoms with E-state index in [1.807, 2.05) is 0 Å². The second-order valence-corrected chi connectivity index (χ2v) is 3.86. The van der Waals surface area contributed by atoms with Crippen molar-refractivity contribution in [2.75, 3.05) is 6.61 Å². The van der Waals surface area contributed by atoms with E-state index in [0.717, 1.165) is 18.2 Å². The standard InChI is InChI=1S/C13H12F2N4O2/c1-2-21-13(20)18-12(19-5-3-4-16-19)17-11-7-9(14)6-10(15)8-11/h3-8H,2H2,1H3,(H,17,18,20). The molecule has 0 radical (unpaired) electrons. The minimum absolute atomic E-state index is 0.00482. The number of hydrogen-bond donors (Lipinski definition) is 1. The van der Waals surface area contributed by atoms with Gasteiger partial charge >= 0.3 is 6.09 Å². The number of ether oxygens (including phenoxy) is 1. The van der Waals surface area contributed by atoms with Gasteiger partial charge in [-0.3, -0.25) is 5.32 Å². The number of alkyl carbamates (subject to hydrolysis) is 1. The van der Waals surface area contributed by atoms with Crippen LogP contribution in [0.15, 0.2) is 41.7 Å². The van der Waals surface area contributed by atoms with Gasteiger partial charge < -0.3 is 4.74 Å². The van der Waals surface area contributed by atoms with Gasteiger partial charge in [-0.2, -0.15) is 5.10 Å². The van der Waals surface area contributed by atoms with E-state index in [-0.39, 0.29) is 18.3 Å². The molecular weight excluding hydrogens is 282 g/mol.